The molecule has 2 aromatic rings. The minimum Gasteiger partial charge on any atom is -0.495 e. The lowest BCUT2D eigenvalue weighted by molar-refractivity contribution is 0.415. The van der Waals surface area contributed by atoms with E-state index in [4.69, 9.17) is 22.1 Å². The molecule has 2 aromatic carbocycles. The van der Waals surface area contributed by atoms with E-state index < -0.39 is 0 Å². The van der Waals surface area contributed by atoms with Crippen molar-refractivity contribution in [2.45, 2.75) is 6.92 Å². The first-order valence-electron chi connectivity index (χ1n) is 5.57. The number of nitrogens with one attached hydrogen (secondary N) is 1. The highest BCUT2D eigenvalue weighted by Gasteiger charge is 2.07. The van der Waals surface area contributed by atoms with Crippen LogP contribution in [0.3, 0.4) is 0 Å². The summed E-state index contributed by atoms with van der Waals surface area (Å²) in [5.41, 5.74) is 9.41. The zero-order valence-corrected chi connectivity index (χ0v) is 11.1. The van der Waals surface area contributed by atoms with Crippen LogP contribution in [0.15, 0.2) is 36.4 Å². The molecule has 94 valence electrons. The summed E-state index contributed by atoms with van der Waals surface area (Å²) in [7, 11) is 1.60. The number of benzene rings is 2. The minimum absolute atomic E-state index is 0.570. The fraction of sp³-hybridized carbons (Fsp3) is 0.143. The number of halogens is 1. The predicted octanol–water partition coefficient (Wildman–Crippen LogP) is 3.98. The van der Waals surface area contributed by atoms with Crippen LogP contribution in [0.25, 0.3) is 0 Å². The highest BCUT2D eigenvalue weighted by molar-refractivity contribution is 6.32. The molecule has 0 saturated carbocycles. The Labute approximate surface area is 112 Å². The Bertz CT molecular complexity index is 570. The number of nitrogen functional groups attached to an aromatic ring is 1. The first-order valence-corrected chi connectivity index (χ1v) is 5.95. The maximum Gasteiger partial charge on any atom is 0.137 e. The van der Waals surface area contributed by atoms with Gasteiger partial charge >= 0.3 is 0 Å². The van der Waals surface area contributed by atoms with Crippen molar-refractivity contribution in [1.82, 2.24) is 0 Å². The van der Waals surface area contributed by atoms with Crippen molar-refractivity contribution in [2.75, 3.05) is 18.2 Å². The zero-order valence-electron chi connectivity index (χ0n) is 10.3. The summed E-state index contributed by atoms with van der Waals surface area (Å²) in [5, 5.41) is 3.84. The topological polar surface area (TPSA) is 47.3 Å². The molecule has 0 heterocycles. The van der Waals surface area contributed by atoms with Gasteiger partial charge in [-0.25, -0.2) is 0 Å². The molecule has 18 heavy (non-hydrogen) atoms. The number of methoxy groups -OCH3 is 1. The molecule has 0 aliphatic heterocycles. The van der Waals surface area contributed by atoms with Crippen molar-refractivity contribution in [3.8, 4) is 5.75 Å². The Morgan fingerprint density at radius 1 is 1.17 bits per heavy atom. The number of para-hydroxylation sites is 2. The van der Waals surface area contributed by atoms with Gasteiger partial charge < -0.3 is 15.8 Å². The van der Waals surface area contributed by atoms with Crippen LogP contribution < -0.4 is 15.8 Å². The molecule has 0 atom stereocenters. The molecule has 0 amide bonds. The Morgan fingerprint density at radius 3 is 2.56 bits per heavy atom. The molecule has 0 unspecified atom stereocenters. The van der Waals surface area contributed by atoms with Crippen LogP contribution in [-0.2, 0) is 0 Å². The molecule has 0 bridgehead atoms. The van der Waals surface area contributed by atoms with Gasteiger partial charge in [-0.1, -0.05) is 23.7 Å². The smallest absolute Gasteiger partial charge is 0.137 e. The first-order chi connectivity index (χ1) is 8.61. The van der Waals surface area contributed by atoms with Crippen LogP contribution in [0.2, 0.25) is 5.02 Å². The third-order valence-electron chi connectivity index (χ3n) is 2.73. The average Bonchev–Trinajstić information content (AvgIpc) is 2.36. The third-order valence-corrected chi connectivity index (χ3v) is 3.02. The van der Waals surface area contributed by atoms with Crippen molar-refractivity contribution in [3.05, 3.63) is 47.0 Å². The molecule has 4 heteroatoms. The fourth-order valence-corrected chi connectivity index (χ4v) is 1.94. The van der Waals surface area contributed by atoms with Gasteiger partial charge in [-0.3, -0.25) is 0 Å². The highest BCUT2D eigenvalue weighted by atomic mass is 35.5. The summed E-state index contributed by atoms with van der Waals surface area (Å²) in [6.07, 6.45) is 0. The molecule has 0 spiro atoms. The van der Waals surface area contributed by atoms with Crippen molar-refractivity contribution >= 4 is 28.7 Å². The Morgan fingerprint density at radius 2 is 1.89 bits per heavy atom. The van der Waals surface area contributed by atoms with Gasteiger partial charge in [0.1, 0.15) is 5.75 Å². The summed E-state index contributed by atoms with van der Waals surface area (Å²) in [4.78, 5) is 0. The SMILES string of the molecule is COc1cc(C)c(Nc2ccccc2N)cc1Cl. The van der Waals surface area contributed by atoms with Crippen LogP contribution >= 0.6 is 11.6 Å². The average molecular weight is 263 g/mol. The van der Waals surface area contributed by atoms with E-state index in [9.17, 15) is 0 Å². The monoisotopic (exact) mass is 262 g/mol. The molecule has 0 aliphatic carbocycles. The van der Waals surface area contributed by atoms with E-state index >= 15 is 0 Å². The third kappa shape index (κ3) is 2.51. The number of ether oxygens (including phenoxy) is 1. The lowest BCUT2D eigenvalue weighted by atomic mass is 10.1. The van der Waals surface area contributed by atoms with E-state index in [0.717, 1.165) is 16.9 Å². The second kappa shape index (κ2) is 5.19. The number of anilines is 3. The quantitative estimate of drug-likeness (QED) is 0.823. The van der Waals surface area contributed by atoms with Crippen LogP contribution in [0.5, 0.6) is 5.75 Å². The van der Waals surface area contributed by atoms with Crippen molar-refractivity contribution in [1.29, 1.82) is 0 Å². The normalized spacial score (nSPS) is 10.2. The molecule has 0 fully saturated rings. The maximum absolute atomic E-state index is 6.11. The van der Waals surface area contributed by atoms with Crippen LogP contribution in [0.4, 0.5) is 17.1 Å². The minimum atomic E-state index is 0.570. The van der Waals surface area contributed by atoms with E-state index in [1.807, 2.05) is 43.3 Å². The van der Waals surface area contributed by atoms with Crippen molar-refractivity contribution in [3.63, 3.8) is 0 Å². The fourth-order valence-electron chi connectivity index (χ4n) is 1.70. The second-order valence-corrected chi connectivity index (χ2v) is 4.42. The number of hydrogen-bond donors (Lipinski definition) is 2. The van der Waals surface area contributed by atoms with Gasteiger partial charge in [-0.2, -0.15) is 0 Å². The van der Waals surface area contributed by atoms with Gasteiger partial charge in [0, 0.05) is 5.69 Å². The summed E-state index contributed by atoms with van der Waals surface area (Å²) < 4.78 is 5.17. The number of hydrogen-bond acceptors (Lipinski definition) is 3. The van der Waals surface area contributed by atoms with Crippen molar-refractivity contribution in [2.24, 2.45) is 0 Å². The second-order valence-electron chi connectivity index (χ2n) is 4.01. The standard InChI is InChI=1S/C14H15ClN2O/c1-9-7-14(18-2)10(15)8-13(9)17-12-6-4-3-5-11(12)16/h3-8,17H,16H2,1-2H3. The van der Waals surface area contributed by atoms with Crippen molar-refractivity contribution < 1.29 is 4.74 Å². The maximum atomic E-state index is 6.11. The van der Waals surface area contributed by atoms with Crippen LogP contribution in [-0.4, -0.2) is 7.11 Å². The van der Waals surface area contributed by atoms with E-state index in [2.05, 4.69) is 5.32 Å². The number of rotatable bonds is 3. The molecule has 0 aliphatic rings. The number of aryl methyl sites for hydroxylation is 1. The summed E-state index contributed by atoms with van der Waals surface area (Å²) in [5.74, 6) is 0.667. The Balaban J connectivity index is 2.35. The lowest BCUT2D eigenvalue weighted by Gasteiger charge is -2.13. The first kappa shape index (κ1) is 12.6. The molecular weight excluding hydrogens is 248 g/mol. The zero-order chi connectivity index (χ0) is 13.1. The van der Waals surface area contributed by atoms with Gasteiger partial charge in [-0.15, -0.1) is 0 Å². The molecule has 0 radical (unpaired) electrons. The molecule has 2 rings (SSSR count). The highest BCUT2D eigenvalue weighted by Crippen LogP contribution is 2.33. The molecule has 3 nitrogen and oxygen atoms in total. The molecule has 3 N–H and O–H groups in total. The van der Waals surface area contributed by atoms with E-state index in [-0.39, 0.29) is 0 Å². The van der Waals surface area contributed by atoms with E-state index in [0.29, 0.717) is 16.5 Å². The summed E-state index contributed by atoms with van der Waals surface area (Å²) >= 11 is 6.11. The largest absolute Gasteiger partial charge is 0.495 e. The predicted molar refractivity (Wildman–Crippen MR) is 76.9 cm³/mol. The van der Waals surface area contributed by atoms with Gasteiger partial charge in [0.15, 0.2) is 0 Å². The van der Waals surface area contributed by atoms with Gasteiger partial charge in [-0.05, 0) is 36.8 Å². The van der Waals surface area contributed by atoms with Crippen LogP contribution in [0, 0.1) is 6.92 Å². The summed E-state index contributed by atoms with van der Waals surface area (Å²) in [6.45, 7) is 1.99. The molecule has 0 aromatic heterocycles. The van der Waals surface area contributed by atoms with Gasteiger partial charge in [0.25, 0.3) is 0 Å². The van der Waals surface area contributed by atoms with Gasteiger partial charge in [0.2, 0.25) is 0 Å². The van der Waals surface area contributed by atoms with Crippen LogP contribution in [0.1, 0.15) is 5.56 Å². The van der Waals surface area contributed by atoms with E-state index in [1.54, 1.807) is 7.11 Å². The molecule has 0 saturated heterocycles. The molecular formula is C14H15ClN2O. The Kier molecular flexibility index (Phi) is 3.63. The van der Waals surface area contributed by atoms with E-state index in [1.165, 1.54) is 0 Å². The number of nitrogens with two attached hydrogens (primary N) is 1. The van der Waals surface area contributed by atoms with Gasteiger partial charge in [0.05, 0.1) is 23.5 Å². The summed E-state index contributed by atoms with van der Waals surface area (Å²) in [6, 6.07) is 11.3. The lowest BCUT2D eigenvalue weighted by Crippen LogP contribution is -1.98. The Hall–Kier alpha value is -1.87.